The van der Waals surface area contributed by atoms with Gasteiger partial charge in [0, 0.05) is 52.1 Å². The minimum Gasteiger partial charge on any atom is -0.356 e. The summed E-state index contributed by atoms with van der Waals surface area (Å²) in [6.45, 7) is 9.33. The van der Waals surface area contributed by atoms with Crippen molar-refractivity contribution in [2.45, 2.75) is 155 Å². The first-order chi connectivity index (χ1) is 19.1. The standard InChI is InChI=1S/C33H68N4O2/c1-4-6-8-10-12-14-16-18-20-22-26-35-32(38)24-28-34-29-31-37(3)30-25-33(39)36-27-23-21-19-17-15-13-11-9-7-5-2/h34H,4-31H2,1-3H3,(H,35,38)(H,36,39). The molecule has 0 saturated heterocycles. The highest BCUT2D eigenvalue weighted by atomic mass is 16.2. The second-order valence-corrected chi connectivity index (χ2v) is 11.6. The van der Waals surface area contributed by atoms with E-state index in [1.54, 1.807) is 0 Å². The lowest BCUT2D eigenvalue weighted by Gasteiger charge is -2.16. The van der Waals surface area contributed by atoms with E-state index in [9.17, 15) is 9.59 Å². The van der Waals surface area contributed by atoms with Gasteiger partial charge in [0.25, 0.3) is 0 Å². The number of carbonyl (C=O) groups excluding carboxylic acids is 2. The van der Waals surface area contributed by atoms with E-state index >= 15 is 0 Å². The fraction of sp³-hybridized carbons (Fsp3) is 0.939. The van der Waals surface area contributed by atoms with Gasteiger partial charge < -0.3 is 20.9 Å². The largest absolute Gasteiger partial charge is 0.356 e. The number of nitrogens with one attached hydrogen (secondary N) is 3. The molecular weight excluding hydrogens is 484 g/mol. The first kappa shape index (κ1) is 37.9. The van der Waals surface area contributed by atoms with E-state index in [4.69, 9.17) is 0 Å². The molecule has 0 unspecified atom stereocenters. The molecule has 0 aliphatic carbocycles. The number of nitrogens with zero attached hydrogens (tertiary/aromatic N) is 1. The summed E-state index contributed by atoms with van der Waals surface area (Å²) in [6.07, 6.45) is 27.4. The van der Waals surface area contributed by atoms with Crippen LogP contribution in [0.3, 0.4) is 0 Å². The summed E-state index contributed by atoms with van der Waals surface area (Å²) < 4.78 is 0. The molecule has 0 heterocycles. The number of carbonyl (C=O) groups is 2. The summed E-state index contributed by atoms with van der Waals surface area (Å²) >= 11 is 0. The second kappa shape index (κ2) is 31.4. The minimum atomic E-state index is 0.144. The summed E-state index contributed by atoms with van der Waals surface area (Å²) in [5.74, 6) is 0.302. The quantitative estimate of drug-likeness (QED) is 0.0786. The van der Waals surface area contributed by atoms with Crippen molar-refractivity contribution in [2.75, 3.05) is 46.3 Å². The monoisotopic (exact) mass is 553 g/mol. The van der Waals surface area contributed by atoms with Crippen molar-refractivity contribution in [1.29, 1.82) is 0 Å². The van der Waals surface area contributed by atoms with Crippen molar-refractivity contribution in [3.8, 4) is 0 Å². The number of rotatable bonds is 31. The Kier molecular flexibility index (Phi) is 30.5. The Morgan fingerprint density at radius 3 is 1.28 bits per heavy atom. The molecule has 0 rings (SSSR count). The normalized spacial score (nSPS) is 11.3. The SMILES string of the molecule is CCCCCCCCCCCCNC(=O)CCNCCN(C)CCC(=O)NCCCCCCCCCCCC. The zero-order valence-electron chi connectivity index (χ0n) is 26.6. The molecule has 0 aliphatic rings. The molecule has 2 amide bonds. The van der Waals surface area contributed by atoms with Gasteiger partial charge in [-0.15, -0.1) is 0 Å². The lowest BCUT2D eigenvalue weighted by molar-refractivity contribution is -0.122. The van der Waals surface area contributed by atoms with Gasteiger partial charge in [-0.2, -0.15) is 0 Å². The maximum absolute atomic E-state index is 12.1. The zero-order valence-corrected chi connectivity index (χ0v) is 26.6. The molecule has 232 valence electrons. The van der Waals surface area contributed by atoms with Crippen molar-refractivity contribution in [1.82, 2.24) is 20.9 Å². The van der Waals surface area contributed by atoms with Crippen LogP contribution in [0.4, 0.5) is 0 Å². The molecule has 0 radical (unpaired) electrons. The van der Waals surface area contributed by atoms with Crippen LogP contribution < -0.4 is 16.0 Å². The van der Waals surface area contributed by atoms with E-state index in [1.807, 2.05) is 0 Å². The topological polar surface area (TPSA) is 73.5 Å². The highest BCUT2D eigenvalue weighted by Gasteiger charge is 2.05. The van der Waals surface area contributed by atoms with Crippen molar-refractivity contribution in [3.63, 3.8) is 0 Å². The van der Waals surface area contributed by atoms with Crippen molar-refractivity contribution >= 4 is 11.8 Å². The van der Waals surface area contributed by atoms with Crippen LogP contribution in [0.2, 0.25) is 0 Å². The summed E-state index contributed by atoms with van der Waals surface area (Å²) in [5.41, 5.74) is 0. The zero-order chi connectivity index (χ0) is 28.7. The van der Waals surface area contributed by atoms with E-state index in [1.165, 1.54) is 116 Å². The third kappa shape index (κ3) is 31.2. The van der Waals surface area contributed by atoms with Crippen LogP contribution >= 0.6 is 0 Å². The van der Waals surface area contributed by atoms with Crippen molar-refractivity contribution in [3.05, 3.63) is 0 Å². The molecule has 0 spiro atoms. The molecule has 6 heteroatoms. The fourth-order valence-corrected chi connectivity index (χ4v) is 4.86. The van der Waals surface area contributed by atoms with Crippen LogP contribution in [-0.2, 0) is 9.59 Å². The van der Waals surface area contributed by atoms with Gasteiger partial charge in [-0.25, -0.2) is 0 Å². The molecule has 3 N–H and O–H groups in total. The Hall–Kier alpha value is -1.14. The number of unbranched alkanes of at least 4 members (excludes halogenated alkanes) is 18. The van der Waals surface area contributed by atoms with Gasteiger partial charge in [0.1, 0.15) is 0 Å². The average molecular weight is 553 g/mol. The molecule has 0 saturated carbocycles. The molecule has 0 aromatic carbocycles. The van der Waals surface area contributed by atoms with E-state index in [2.05, 4.69) is 41.7 Å². The Morgan fingerprint density at radius 2 is 0.846 bits per heavy atom. The van der Waals surface area contributed by atoms with Gasteiger partial charge in [0.2, 0.25) is 11.8 Å². The lowest BCUT2D eigenvalue weighted by Crippen LogP contribution is -2.34. The Bertz CT molecular complexity index is 530. The highest BCUT2D eigenvalue weighted by molar-refractivity contribution is 5.76. The Morgan fingerprint density at radius 1 is 0.462 bits per heavy atom. The Balaban J connectivity index is 3.38. The van der Waals surface area contributed by atoms with Crippen LogP contribution in [0, 0.1) is 0 Å². The molecule has 39 heavy (non-hydrogen) atoms. The molecule has 0 aromatic rings. The number of amides is 2. The summed E-state index contributed by atoms with van der Waals surface area (Å²) in [6, 6.07) is 0. The summed E-state index contributed by atoms with van der Waals surface area (Å²) in [5, 5.41) is 9.47. The second-order valence-electron chi connectivity index (χ2n) is 11.6. The maximum atomic E-state index is 12.1. The third-order valence-electron chi connectivity index (χ3n) is 7.62. The van der Waals surface area contributed by atoms with Crippen molar-refractivity contribution < 1.29 is 9.59 Å². The van der Waals surface area contributed by atoms with Gasteiger partial charge >= 0.3 is 0 Å². The Labute approximate surface area is 243 Å². The average Bonchev–Trinajstić information content (AvgIpc) is 2.93. The molecule has 0 fully saturated rings. The first-order valence-electron chi connectivity index (χ1n) is 17.0. The highest BCUT2D eigenvalue weighted by Crippen LogP contribution is 2.11. The summed E-state index contributed by atoms with van der Waals surface area (Å²) in [4.78, 5) is 26.2. The van der Waals surface area contributed by atoms with E-state index in [-0.39, 0.29) is 11.8 Å². The van der Waals surface area contributed by atoms with Gasteiger partial charge in [-0.1, -0.05) is 129 Å². The molecule has 0 aromatic heterocycles. The maximum Gasteiger partial charge on any atom is 0.221 e. The third-order valence-corrected chi connectivity index (χ3v) is 7.62. The van der Waals surface area contributed by atoms with Crippen LogP contribution in [0.25, 0.3) is 0 Å². The molecule has 0 atom stereocenters. The van der Waals surface area contributed by atoms with Gasteiger partial charge in [-0.3, -0.25) is 9.59 Å². The van der Waals surface area contributed by atoms with Gasteiger partial charge in [-0.05, 0) is 19.9 Å². The first-order valence-corrected chi connectivity index (χ1v) is 17.0. The van der Waals surface area contributed by atoms with Gasteiger partial charge in [0.15, 0.2) is 0 Å². The lowest BCUT2D eigenvalue weighted by atomic mass is 10.1. The molecule has 0 aliphatic heterocycles. The fourth-order valence-electron chi connectivity index (χ4n) is 4.86. The van der Waals surface area contributed by atoms with Crippen molar-refractivity contribution in [2.24, 2.45) is 0 Å². The van der Waals surface area contributed by atoms with E-state index in [0.717, 1.165) is 45.6 Å². The number of likely N-dealkylation sites (N-methyl/N-ethyl adjacent to an activating group) is 1. The predicted octanol–water partition coefficient (Wildman–Crippen LogP) is 7.36. The van der Waals surface area contributed by atoms with Gasteiger partial charge in [0.05, 0.1) is 0 Å². The van der Waals surface area contributed by atoms with Crippen LogP contribution in [-0.4, -0.2) is 63.0 Å². The number of hydrogen-bond donors (Lipinski definition) is 3. The predicted molar refractivity (Wildman–Crippen MR) is 169 cm³/mol. The number of hydrogen-bond acceptors (Lipinski definition) is 4. The summed E-state index contributed by atoms with van der Waals surface area (Å²) in [7, 11) is 2.05. The van der Waals surface area contributed by atoms with E-state index in [0.29, 0.717) is 19.4 Å². The van der Waals surface area contributed by atoms with Crippen LogP contribution in [0.1, 0.15) is 155 Å². The molecule has 0 bridgehead atoms. The molecule has 6 nitrogen and oxygen atoms in total. The van der Waals surface area contributed by atoms with E-state index < -0.39 is 0 Å². The van der Waals surface area contributed by atoms with Crippen LogP contribution in [0.15, 0.2) is 0 Å². The molecular formula is C33H68N4O2. The minimum absolute atomic E-state index is 0.144. The van der Waals surface area contributed by atoms with Crippen LogP contribution in [0.5, 0.6) is 0 Å². The smallest absolute Gasteiger partial charge is 0.221 e.